The van der Waals surface area contributed by atoms with Crippen molar-refractivity contribution >= 4 is 27.9 Å². The summed E-state index contributed by atoms with van der Waals surface area (Å²) in [5, 5.41) is 12.1. The van der Waals surface area contributed by atoms with Crippen LogP contribution >= 0.6 is 11.6 Å². The third-order valence-corrected chi connectivity index (χ3v) is 5.42. The molecule has 0 aliphatic rings. The normalized spacial score (nSPS) is 13.6. The number of H-pyrrole nitrogens is 1. The number of carbonyl (C=O) groups excluding carboxylic acids is 1. The Bertz CT molecular complexity index is 1140. The second-order valence-corrected chi connectivity index (χ2v) is 8.39. The number of aromatic nitrogens is 3. The van der Waals surface area contributed by atoms with E-state index < -0.39 is 17.4 Å². The van der Waals surface area contributed by atoms with E-state index in [1.165, 1.54) is 6.92 Å². The van der Waals surface area contributed by atoms with Gasteiger partial charge < -0.3 is 24.9 Å². The second-order valence-electron chi connectivity index (χ2n) is 8.02. The van der Waals surface area contributed by atoms with E-state index in [1.807, 2.05) is 38.4 Å². The lowest BCUT2D eigenvalue weighted by Gasteiger charge is -2.17. The van der Waals surface area contributed by atoms with Crippen LogP contribution in [0.3, 0.4) is 0 Å². The first-order valence-corrected chi connectivity index (χ1v) is 10.5. The number of halogens is 1. The van der Waals surface area contributed by atoms with Crippen molar-refractivity contribution in [3.8, 4) is 11.4 Å². The Morgan fingerprint density at radius 1 is 1.35 bits per heavy atom. The Morgan fingerprint density at radius 3 is 2.71 bits per heavy atom. The number of likely N-dealkylation sites (N-methyl/N-ethyl adjacent to an activating group) is 1. The summed E-state index contributed by atoms with van der Waals surface area (Å²) in [6.07, 6.45) is 0.791. The summed E-state index contributed by atoms with van der Waals surface area (Å²) < 4.78 is 2.14. The van der Waals surface area contributed by atoms with E-state index >= 15 is 0 Å². The molecule has 0 fully saturated rings. The van der Waals surface area contributed by atoms with Gasteiger partial charge in [-0.15, -0.1) is 0 Å². The highest BCUT2D eigenvalue weighted by atomic mass is 35.5. The number of fused-ring (bicyclic) bond motifs is 1. The van der Waals surface area contributed by atoms with Gasteiger partial charge in [-0.05, 0) is 63.3 Å². The molecule has 0 spiro atoms. The average Bonchev–Trinajstić information content (AvgIpc) is 3.05. The number of aryl methyl sites for hydroxylation is 1. The van der Waals surface area contributed by atoms with Gasteiger partial charge in [-0.2, -0.15) is 0 Å². The van der Waals surface area contributed by atoms with Gasteiger partial charge in [0.25, 0.3) is 5.56 Å². The zero-order chi connectivity index (χ0) is 22.7. The number of hydrogen-bond acceptors (Lipinski definition) is 6. The number of aromatic amines is 1. The maximum atomic E-state index is 11.8. The number of aliphatic hydroxyl groups excluding tert-OH is 1. The number of carbonyl (C=O) groups is 1. The lowest BCUT2D eigenvalue weighted by Crippen LogP contribution is -2.42. The van der Waals surface area contributed by atoms with Crippen molar-refractivity contribution < 1.29 is 9.90 Å². The predicted octanol–water partition coefficient (Wildman–Crippen LogP) is 1.87. The van der Waals surface area contributed by atoms with Crippen LogP contribution in [0, 0.1) is 6.92 Å². The zero-order valence-electron chi connectivity index (χ0n) is 18.1. The molecule has 9 heteroatoms. The van der Waals surface area contributed by atoms with Gasteiger partial charge in [-0.1, -0.05) is 6.07 Å². The minimum absolute atomic E-state index is 0.116. The zero-order valence-corrected chi connectivity index (χ0v) is 18.9. The molecule has 0 unspecified atom stereocenters. The fraction of sp³-hybridized carbons (Fsp3) is 0.409. The van der Waals surface area contributed by atoms with Crippen molar-refractivity contribution in [2.24, 2.45) is 0 Å². The summed E-state index contributed by atoms with van der Waals surface area (Å²) in [5.74, 6) is 0.777. The molecule has 3 N–H and O–H groups in total. The van der Waals surface area contributed by atoms with E-state index in [-0.39, 0.29) is 5.56 Å². The standard InChI is InChI=1S/C22H28ClN5O3/c1-13-9-16(12-25-22(13)31)21-26-17-10-15(11-24-19(14(2)29)20(23)30)5-6-18(17)28(21)8-7-27(3)4/h5-6,9-10,12,14,19,24,29H,7-8,11H2,1-4H3,(H,25,31)/t14-,19+/m1/s1. The van der Waals surface area contributed by atoms with Gasteiger partial charge in [-0.25, -0.2) is 4.98 Å². The predicted molar refractivity (Wildman–Crippen MR) is 122 cm³/mol. The van der Waals surface area contributed by atoms with Gasteiger partial charge in [0.1, 0.15) is 11.9 Å². The molecule has 0 aliphatic carbocycles. The molecule has 31 heavy (non-hydrogen) atoms. The molecular weight excluding hydrogens is 418 g/mol. The van der Waals surface area contributed by atoms with E-state index in [4.69, 9.17) is 16.6 Å². The van der Waals surface area contributed by atoms with Crippen molar-refractivity contribution in [3.63, 3.8) is 0 Å². The largest absolute Gasteiger partial charge is 0.391 e. The van der Waals surface area contributed by atoms with Crippen LogP contribution in [0.1, 0.15) is 18.1 Å². The molecule has 0 aliphatic heterocycles. The fourth-order valence-corrected chi connectivity index (χ4v) is 3.69. The first-order valence-electron chi connectivity index (χ1n) is 10.1. The van der Waals surface area contributed by atoms with Gasteiger partial charge in [0.05, 0.1) is 17.1 Å². The summed E-state index contributed by atoms with van der Waals surface area (Å²) >= 11 is 5.57. The van der Waals surface area contributed by atoms with Gasteiger partial charge in [0, 0.05) is 37.0 Å². The van der Waals surface area contributed by atoms with Gasteiger partial charge in [-0.3, -0.25) is 9.59 Å². The number of rotatable bonds is 9. The lowest BCUT2D eigenvalue weighted by molar-refractivity contribution is -0.115. The van der Waals surface area contributed by atoms with Gasteiger partial charge in [0.2, 0.25) is 5.24 Å². The van der Waals surface area contributed by atoms with Crippen LogP contribution in [0.4, 0.5) is 0 Å². The van der Waals surface area contributed by atoms with E-state index in [0.29, 0.717) is 12.1 Å². The smallest absolute Gasteiger partial charge is 0.250 e. The Morgan fingerprint density at radius 2 is 2.10 bits per heavy atom. The van der Waals surface area contributed by atoms with E-state index in [9.17, 15) is 14.7 Å². The van der Waals surface area contributed by atoms with Crippen molar-refractivity contribution in [1.82, 2.24) is 24.8 Å². The first kappa shape index (κ1) is 23.1. The Labute approximate surface area is 185 Å². The molecule has 0 bridgehead atoms. The van der Waals surface area contributed by atoms with Crippen LogP contribution in [0.2, 0.25) is 0 Å². The molecular formula is C22H28ClN5O3. The molecule has 3 rings (SSSR count). The number of hydrogen-bond donors (Lipinski definition) is 3. The molecule has 1 aromatic carbocycles. The molecule has 0 amide bonds. The van der Waals surface area contributed by atoms with Crippen molar-refractivity contribution in [1.29, 1.82) is 0 Å². The average molecular weight is 446 g/mol. The van der Waals surface area contributed by atoms with E-state index in [0.717, 1.165) is 41.1 Å². The third-order valence-electron chi connectivity index (χ3n) is 5.18. The van der Waals surface area contributed by atoms with Crippen LogP contribution in [-0.4, -0.2) is 62.6 Å². The highest BCUT2D eigenvalue weighted by Gasteiger charge is 2.21. The minimum atomic E-state index is -0.894. The number of nitrogens with zero attached hydrogens (tertiary/aromatic N) is 3. The Hall–Kier alpha value is -2.52. The molecule has 2 atom stereocenters. The Kier molecular flexibility index (Phi) is 7.27. The summed E-state index contributed by atoms with van der Waals surface area (Å²) in [5.41, 5.74) is 4.05. The van der Waals surface area contributed by atoms with Crippen LogP contribution in [0.15, 0.2) is 35.3 Å². The number of benzene rings is 1. The quantitative estimate of drug-likeness (QED) is 0.434. The van der Waals surface area contributed by atoms with Crippen LogP contribution in [0.5, 0.6) is 0 Å². The van der Waals surface area contributed by atoms with Crippen LogP contribution in [-0.2, 0) is 17.9 Å². The monoisotopic (exact) mass is 445 g/mol. The second kappa shape index (κ2) is 9.74. The molecule has 0 saturated heterocycles. The first-order chi connectivity index (χ1) is 14.7. The summed E-state index contributed by atoms with van der Waals surface area (Å²) in [6.45, 7) is 5.22. The number of pyridine rings is 1. The van der Waals surface area contributed by atoms with Crippen molar-refractivity contribution in [2.45, 2.75) is 39.1 Å². The van der Waals surface area contributed by atoms with Gasteiger partial charge >= 0.3 is 0 Å². The molecule has 8 nitrogen and oxygen atoms in total. The van der Waals surface area contributed by atoms with E-state index in [1.54, 1.807) is 13.1 Å². The molecule has 166 valence electrons. The number of aliphatic hydroxyl groups is 1. The van der Waals surface area contributed by atoms with Crippen molar-refractivity contribution in [3.05, 3.63) is 51.9 Å². The molecule has 0 radical (unpaired) electrons. The highest BCUT2D eigenvalue weighted by molar-refractivity contribution is 6.64. The molecule has 3 aromatic rings. The number of nitrogens with one attached hydrogen (secondary N) is 2. The highest BCUT2D eigenvalue weighted by Crippen LogP contribution is 2.25. The molecule has 0 saturated carbocycles. The summed E-state index contributed by atoms with van der Waals surface area (Å²) in [7, 11) is 4.03. The Balaban J connectivity index is 1.99. The SMILES string of the molecule is Cc1cc(-c2nc3cc(CN[C@H](C(=O)Cl)[C@@H](C)O)ccc3n2CCN(C)C)c[nH]c1=O. The van der Waals surface area contributed by atoms with Crippen LogP contribution in [0.25, 0.3) is 22.4 Å². The lowest BCUT2D eigenvalue weighted by atomic mass is 10.1. The molecule has 2 aromatic heterocycles. The van der Waals surface area contributed by atoms with Gasteiger partial charge in [0.15, 0.2) is 0 Å². The van der Waals surface area contributed by atoms with E-state index in [2.05, 4.69) is 19.8 Å². The maximum Gasteiger partial charge on any atom is 0.250 e. The molecule has 2 heterocycles. The summed E-state index contributed by atoms with van der Waals surface area (Å²) in [6, 6.07) is 6.91. The summed E-state index contributed by atoms with van der Waals surface area (Å²) in [4.78, 5) is 33.0. The minimum Gasteiger partial charge on any atom is -0.391 e. The number of imidazole rings is 1. The third kappa shape index (κ3) is 5.40. The maximum absolute atomic E-state index is 11.8. The van der Waals surface area contributed by atoms with Crippen LogP contribution < -0.4 is 10.9 Å². The topological polar surface area (TPSA) is 103 Å². The van der Waals surface area contributed by atoms with Crippen molar-refractivity contribution in [2.75, 3.05) is 20.6 Å². The fourth-order valence-electron chi connectivity index (χ4n) is 3.43.